The maximum absolute atomic E-state index is 12.0. The molecule has 17 heavy (non-hydrogen) atoms. The molecule has 86 valence electrons. The van der Waals surface area contributed by atoms with Crippen molar-refractivity contribution in [1.29, 1.82) is 0 Å². The van der Waals surface area contributed by atoms with Crippen molar-refractivity contribution in [2.45, 2.75) is 6.92 Å². The SMILES string of the molecule is Cc1cccc(C(=O)Nc2ncccn2)c1I. The normalized spacial score (nSPS) is 10.0. The highest BCUT2D eigenvalue weighted by Gasteiger charge is 2.11. The van der Waals surface area contributed by atoms with Gasteiger partial charge in [0, 0.05) is 16.0 Å². The van der Waals surface area contributed by atoms with E-state index in [-0.39, 0.29) is 5.91 Å². The molecule has 1 amide bonds. The molecule has 2 aromatic rings. The number of nitrogens with zero attached hydrogens (tertiary/aromatic N) is 2. The Kier molecular flexibility index (Phi) is 3.68. The minimum absolute atomic E-state index is 0.190. The van der Waals surface area contributed by atoms with Gasteiger partial charge in [-0.1, -0.05) is 12.1 Å². The number of nitrogens with one attached hydrogen (secondary N) is 1. The molecule has 0 bridgehead atoms. The highest BCUT2D eigenvalue weighted by atomic mass is 127. The average Bonchev–Trinajstić information content (AvgIpc) is 2.34. The minimum Gasteiger partial charge on any atom is -0.290 e. The zero-order chi connectivity index (χ0) is 12.3. The first-order valence-electron chi connectivity index (χ1n) is 5.02. The van der Waals surface area contributed by atoms with Crippen molar-refractivity contribution in [2.75, 3.05) is 5.32 Å². The van der Waals surface area contributed by atoms with E-state index in [0.717, 1.165) is 9.13 Å². The molecule has 4 nitrogen and oxygen atoms in total. The summed E-state index contributed by atoms with van der Waals surface area (Å²) in [6.45, 7) is 1.97. The predicted molar refractivity (Wildman–Crippen MR) is 73.9 cm³/mol. The molecule has 0 radical (unpaired) electrons. The maximum Gasteiger partial charge on any atom is 0.259 e. The lowest BCUT2D eigenvalue weighted by Gasteiger charge is -2.06. The zero-order valence-corrected chi connectivity index (χ0v) is 11.3. The molecule has 0 spiro atoms. The van der Waals surface area contributed by atoms with Crippen molar-refractivity contribution in [2.24, 2.45) is 0 Å². The van der Waals surface area contributed by atoms with Gasteiger partial charge in [-0.15, -0.1) is 0 Å². The standard InChI is InChI=1S/C12H10IN3O/c1-8-4-2-5-9(10(8)13)11(17)16-12-14-6-3-7-15-12/h2-7H,1H3,(H,14,15,16,17). The third kappa shape index (κ3) is 2.79. The van der Waals surface area contributed by atoms with Crippen LogP contribution in [0.3, 0.4) is 0 Å². The Morgan fingerprint density at radius 1 is 1.24 bits per heavy atom. The number of amides is 1. The number of hydrogen-bond acceptors (Lipinski definition) is 3. The summed E-state index contributed by atoms with van der Waals surface area (Å²) in [5, 5.41) is 2.66. The Morgan fingerprint density at radius 3 is 2.65 bits per heavy atom. The number of aromatic nitrogens is 2. The van der Waals surface area contributed by atoms with E-state index >= 15 is 0 Å². The van der Waals surface area contributed by atoms with Crippen LogP contribution in [-0.2, 0) is 0 Å². The third-order valence-electron chi connectivity index (χ3n) is 2.23. The smallest absolute Gasteiger partial charge is 0.259 e. The van der Waals surface area contributed by atoms with Gasteiger partial charge in [0.1, 0.15) is 0 Å². The van der Waals surface area contributed by atoms with Gasteiger partial charge in [0.25, 0.3) is 5.91 Å². The summed E-state index contributed by atoms with van der Waals surface area (Å²) in [6, 6.07) is 7.31. The van der Waals surface area contributed by atoms with Crippen LogP contribution in [0.5, 0.6) is 0 Å². The van der Waals surface area contributed by atoms with Gasteiger partial charge in [-0.25, -0.2) is 9.97 Å². The number of carbonyl (C=O) groups is 1. The van der Waals surface area contributed by atoms with Crippen molar-refractivity contribution in [1.82, 2.24) is 9.97 Å². The van der Waals surface area contributed by atoms with E-state index in [9.17, 15) is 4.79 Å². The van der Waals surface area contributed by atoms with Crippen molar-refractivity contribution < 1.29 is 4.79 Å². The molecule has 0 aliphatic carbocycles. The number of anilines is 1. The van der Waals surface area contributed by atoms with Gasteiger partial charge < -0.3 is 0 Å². The van der Waals surface area contributed by atoms with E-state index in [2.05, 4.69) is 37.9 Å². The lowest BCUT2D eigenvalue weighted by Crippen LogP contribution is -2.15. The number of rotatable bonds is 2. The van der Waals surface area contributed by atoms with E-state index in [1.165, 1.54) is 0 Å². The second-order valence-electron chi connectivity index (χ2n) is 3.46. The first-order valence-corrected chi connectivity index (χ1v) is 6.10. The lowest BCUT2D eigenvalue weighted by molar-refractivity contribution is 0.102. The molecule has 1 aromatic heterocycles. The van der Waals surface area contributed by atoms with Crippen LogP contribution in [0, 0.1) is 10.5 Å². The van der Waals surface area contributed by atoms with Crippen molar-refractivity contribution in [3.05, 3.63) is 51.4 Å². The molecular formula is C12H10IN3O. The minimum atomic E-state index is -0.190. The molecule has 0 fully saturated rings. The molecule has 1 aromatic carbocycles. The van der Waals surface area contributed by atoms with Crippen molar-refractivity contribution in [3.63, 3.8) is 0 Å². The van der Waals surface area contributed by atoms with Crippen LogP contribution < -0.4 is 5.32 Å². The quantitative estimate of drug-likeness (QED) is 0.856. The Labute approximate surface area is 113 Å². The summed E-state index contributed by atoms with van der Waals surface area (Å²) in [4.78, 5) is 19.9. The summed E-state index contributed by atoms with van der Waals surface area (Å²) in [5.74, 6) is 0.124. The molecular weight excluding hydrogens is 329 g/mol. The molecule has 0 unspecified atom stereocenters. The topological polar surface area (TPSA) is 54.9 Å². The molecule has 1 heterocycles. The van der Waals surface area contributed by atoms with Crippen molar-refractivity contribution in [3.8, 4) is 0 Å². The molecule has 2 rings (SSSR count). The van der Waals surface area contributed by atoms with Crippen LogP contribution >= 0.6 is 22.6 Å². The monoisotopic (exact) mass is 339 g/mol. The highest BCUT2D eigenvalue weighted by molar-refractivity contribution is 14.1. The molecule has 0 aliphatic heterocycles. The first kappa shape index (κ1) is 12.0. The largest absolute Gasteiger partial charge is 0.290 e. The Bertz CT molecular complexity index is 543. The van der Waals surface area contributed by atoms with Crippen LogP contribution in [0.4, 0.5) is 5.95 Å². The fourth-order valence-electron chi connectivity index (χ4n) is 1.36. The average molecular weight is 339 g/mol. The van der Waals surface area contributed by atoms with Crippen LogP contribution in [0.2, 0.25) is 0 Å². The van der Waals surface area contributed by atoms with Gasteiger partial charge in [-0.05, 0) is 47.2 Å². The van der Waals surface area contributed by atoms with E-state index in [1.807, 2.05) is 19.1 Å². The number of halogens is 1. The van der Waals surface area contributed by atoms with Gasteiger partial charge in [0.15, 0.2) is 0 Å². The lowest BCUT2D eigenvalue weighted by atomic mass is 10.1. The summed E-state index contributed by atoms with van der Waals surface area (Å²) >= 11 is 2.16. The molecule has 5 heteroatoms. The Hall–Kier alpha value is -1.50. The zero-order valence-electron chi connectivity index (χ0n) is 9.14. The van der Waals surface area contributed by atoms with Gasteiger partial charge in [-0.3, -0.25) is 10.1 Å². The van der Waals surface area contributed by atoms with Crippen LogP contribution in [0.15, 0.2) is 36.7 Å². The van der Waals surface area contributed by atoms with Gasteiger partial charge >= 0.3 is 0 Å². The highest BCUT2D eigenvalue weighted by Crippen LogP contribution is 2.17. The van der Waals surface area contributed by atoms with Crippen LogP contribution in [-0.4, -0.2) is 15.9 Å². The maximum atomic E-state index is 12.0. The van der Waals surface area contributed by atoms with Gasteiger partial charge in [0.05, 0.1) is 5.56 Å². The predicted octanol–water partition coefficient (Wildman–Crippen LogP) is 2.64. The number of benzene rings is 1. The van der Waals surface area contributed by atoms with Crippen LogP contribution in [0.1, 0.15) is 15.9 Å². The first-order chi connectivity index (χ1) is 8.18. The molecule has 0 saturated carbocycles. The number of carbonyl (C=O) groups excluding carboxylic acids is 1. The number of aryl methyl sites for hydroxylation is 1. The summed E-state index contributed by atoms with van der Waals surface area (Å²) in [6.07, 6.45) is 3.17. The number of hydrogen-bond donors (Lipinski definition) is 1. The fourth-order valence-corrected chi connectivity index (χ4v) is 1.96. The Balaban J connectivity index is 2.24. The van der Waals surface area contributed by atoms with Gasteiger partial charge in [-0.2, -0.15) is 0 Å². The van der Waals surface area contributed by atoms with E-state index in [0.29, 0.717) is 11.5 Å². The molecule has 1 N–H and O–H groups in total. The molecule has 0 saturated heterocycles. The third-order valence-corrected chi connectivity index (χ3v) is 3.66. The Morgan fingerprint density at radius 2 is 1.94 bits per heavy atom. The van der Waals surface area contributed by atoms with Crippen LogP contribution in [0.25, 0.3) is 0 Å². The fraction of sp³-hybridized carbons (Fsp3) is 0.0833. The van der Waals surface area contributed by atoms with Crippen molar-refractivity contribution >= 4 is 34.4 Å². The second-order valence-corrected chi connectivity index (χ2v) is 4.54. The molecule has 0 atom stereocenters. The van der Waals surface area contributed by atoms with E-state index in [4.69, 9.17) is 0 Å². The summed E-state index contributed by atoms with van der Waals surface area (Å²) in [7, 11) is 0. The summed E-state index contributed by atoms with van der Waals surface area (Å²) < 4.78 is 0.943. The van der Waals surface area contributed by atoms with E-state index < -0.39 is 0 Å². The molecule has 0 aliphatic rings. The van der Waals surface area contributed by atoms with Gasteiger partial charge in [0.2, 0.25) is 5.95 Å². The van der Waals surface area contributed by atoms with E-state index in [1.54, 1.807) is 24.5 Å². The second kappa shape index (κ2) is 5.22. The summed E-state index contributed by atoms with van der Waals surface area (Å²) in [5.41, 5.74) is 1.71.